The Labute approximate surface area is 112 Å². The molecular formula is C12H9N3O3S. The van der Waals surface area contributed by atoms with Gasteiger partial charge in [-0.15, -0.1) is 11.3 Å². The number of hydrogen-bond donors (Lipinski definition) is 1. The lowest BCUT2D eigenvalue weighted by molar-refractivity contribution is -0.115. The van der Waals surface area contributed by atoms with Crippen LogP contribution in [0.4, 0.5) is 5.82 Å². The Morgan fingerprint density at radius 3 is 3.05 bits per heavy atom. The Bertz CT molecular complexity index is 658. The van der Waals surface area contributed by atoms with Crippen molar-refractivity contribution in [2.24, 2.45) is 0 Å². The molecule has 3 aromatic heterocycles. The Balaban J connectivity index is 1.65. The minimum atomic E-state index is -0.222. The van der Waals surface area contributed by atoms with E-state index in [9.17, 15) is 4.79 Å². The number of carbonyl (C=O) groups is 1. The van der Waals surface area contributed by atoms with Crippen molar-refractivity contribution in [2.75, 3.05) is 5.32 Å². The molecular weight excluding hydrogens is 266 g/mol. The summed E-state index contributed by atoms with van der Waals surface area (Å²) in [5.74, 6) is 0.825. The minimum absolute atomic E-state index is 0.127. The lowest BCUT2D eigenvalue weighted by Crippen LogP contribution is -2.14. The number of anilines is 1. The molecule has 6 nitrogen and oxygen atoms in total. The molecule has 96 valence electrons. The first-order chi connectivity index (χ1) is 9.31. The molecule has 3 aromatic rings. The van der Waals surface area contributed by atoms with Crippen LogP contribution in [0.15, 0.2) is 45.0 Å². The molecule has 7 heteroatoms. The summed E-state index contributed by atoms with van der Waals surface area (Å²) < 4.78 is 9.81. The predicted molar refractivity (Wildman–Crippen MR) is 68.7 cm³/mol. The van der Waals surface area contributed by atoms with Gasteiger partial charge in [0.05, 0.1) is 17.0 Å². The summed E-state index contributed by atoms with van der Waals surface area (Å²) in [6.45, 7) is 0. The van der Waals surface area contributed by atoms with E-state index in [1.807, 2.05) is 17.5 Å². The van der Waals surface area contributed by atoms with Crippen LogP contribution >= 0.6 is 11.3 Å². The third-order valence-electron chi connectivity index (χ3n) is 2.37. The van der Waals surface area contributed by atoms with Crippen LogP contribution in [0.3, 0.4) is 0 Å². The maximum atomic E-state index is 11.7. The molecule has 0 aromatic carbocycles. The second kappa shape index (κ2) is 5.07. The van der Waals surface area contributed by atoms with Crippen LogP contribution in [0.5, 0.6) is 0 Å². The number of hydrogen-bond acceptors (Lipinski definition) is 6. The van der Waals surface area contributed by atoms with Crippen molar-refractivity contribution in [3.05, 3.63) is 41.6 Å². The Morgan fingerprint density at radius 1 is 1.37 bits per heavy atom. The zero-order chi connectivity index (χ0) is 13.1. The van der Waals surface area contributed by atoms with Crippen LogP contribution < -0.4 is 5.32 Å². The standard InChI is InChI=1S/C12H9N3O3S/c16-12(13-11-3-4-17-15-11)7-8-6-9(18-14-8)10-2-1-5-19-10/h1-6H,7H2,(H,13,15,16). The van der Waals surface area contributed by atoms with Crippen molar-refractivity contribution in [3.63, 3.8) is 0 Å². The number of carbonyl (C=O) groups excluding carboxylic acids is 1. The lowest BCUT2D eigenvalue weighted by atomic mass is 10.2. The van der Waals surface area contributed by atoms with E-state index in [2.05, 4.69) is 20.2 Å². The second-order valence-electron chi connectivity index (χ2n) is 3.77. The van der Waals surface area contributed by atoms with Crippen LogP contribution in [0.1, 0.15) is 5.69 Å². The molecule has 0 spiro atoms. The quantitative estimate of drug-likeness (QED) is 0.791. The van der Waals surface area contributed by atoms with Crippen molar-refractivity contribution >= 4 is 23.1 Å². The molecule has 3 rings (SSSR count). The predicted octanol–water partition coefficient (Wildman–Crippen LogP) is 2.57. The summed E-state index contributed by atoms with van der Waals surface area (Å²) in [6, 6.07) is 7.19. The molecule has 19 heavy (non-hydrogen) atoms. The Hall–Kier alpha value is -2.41. The van der Waals surface area contributed by atoms with Crippen molar-refractivity contribution in [2.45, 2.75) is 6.42 Å². The van der Waals surface area contributed by atoms with Gasteiger partial charge in [-0.3, -0.25) is 4.79 Å². The lowest BCUT2D eigenvalue weighted by Gasteiger charge is -1.96. The molecule has 0 saturated heterocycles. The van der Waals surface area contributed by atoms with Crippen LogP contribution in [0, 0.1) is 0 Å². The number of nitrogens with zero attached hydrogens (tertiary/aromatic N) is 2. The maximum absolute atomic E-state index is 11.7. The molecule has 0 unspecified atom stereocenters. The molecule has 1 amide bonds. The molecule has 0 aliphatic heterocycles. The molecule has 0 aliphatic carbocycles. The first kappa shape index (κ1) is 11.7. The van der Waals surface area contributed by atoms with Gasteiger partial charge in [-0.25, -0.2) is 0 Å². The number of nitrogens with one attached hydrogen (secondary N) is 1. The van der Waals surface area contributed by atoms with Gasteiger partial charge in [0, 0.05) is 12.1 Å². The van der Waals surface area contributed by atoms with E-state index in [0.29, 0.717) is 17.3 Å². The third-order valence-corrected chi connectivity index (χ3v) is 3.25. The topological polar surface area (TPSA) is 81.2 Å². The van der Waals surface area contributed by atoms with E-state index in [1.165, 1.54) is 6.26 Å². The molecule has 0 aliphatic rings. The van der Waals surface area contributed by atoms with E-state index in [4.69, 9.17) is 4.52 Å². The molecule has 0 bridgehead atoms. The number of rotatable bonds is 4. The van der Waals surface area contributed by atoms with Crippen LogP contribution in [-0.2, 0) is 11.2 Å². The largest absolute Gasteiger partial charge is 0.363 e. The van der Waals surface area contributed by atoms with E-state index >= 15 is 0 Å². The van der Waals surface area contributed by atoms with Gasteiger partial charge in [-0.2, -0.15) is 0 Å². The highest BCUT2D eigenvalue weighted by Crippen LogP contribution is 2.25. The van der Waals surface area contributed by atoms with Gasteiger partial charge in [0.15, 0.2) is 11.6 Å². The van der Waals surface area contributed by atoms with Crippen molar-refractivity contribution < 1.29 is 13.8 Å². The van der Waals surface area contributed by atoms with E-state index < -0.39 is 0 Å². The van der Waals surface area contributed by atoms with Crippen molar-refractivity contribution in [3.8, 4) is 10.6 Å². The molecule has 0 radical (unpaired) electrons. The molecule has 3 heterocycles. The van der Waals surface area contributed by atoms with Crippen molar-refractivity contribution in [1.29, 1.82) is 0 Å². The van der Waals surface area contributed by atoms with Crippen LogP contribution in [-0.4, -0.2) is 16.2 Å². The molecule has 0 saturated carbocycles. The van der Waals surface area contributed by atoms with Gasteiger partial charge in [0.1, 0.15) is 6.26 Å². The molecule has 0 fully saturated rings. The highest BCUT2D eigenvalue weighted by molar-refractivity contribution is 7.13. The van der Waals surface area contributed by atoms with E-state index in [1.54, 1.807) is 23.5 Å². The van der Waals surface area contributed by atoms with Gasteiger partial charge in [-0.1, -0.05) is 16.4 Å². The zero-order valence-electron chi connectivity index (χ0n) is 9.70. The van der Waals surface area contributed by atoms with E-state index in [-0.39, 0.29) is 12.3 Å². The van der Waals surface area contributed by atoms with Gasteiger partial charge < -0.3 is 14.4 Å². The number of thiophene rings is 1. The van der Waals surface area contributed by atoms with Crippen LogP contribution in [0.2, 0.25) is 0 Å². The third kappa shape index (κ3) is 2.71. The summed E-state index contributed by atoms with van der Waals surface area (Å²) in [5.41, 5.74) is 0.574. The zero-order valence-corrected chi connectivity index (χ0v) is 10.5. The second-order valence-corrected chi connectivity index (χ2v) is 4.72. The fraction of sp³-hybridized carbons (Fsp3) is 0.0833. The Morgan fingerprint density at radius 2 is 2.32 bits per heavy atom. The SMILES string of the molecule is O=C(Cc1cc(-c2cccs2)on1)Nc1ccon1. The highest BCUT2D eigenvalue weighted by Gasteiger charge is 2.12. The van der Waals surface area contributed by atoms with Crippen molar-refractivity contribution in [1.82, 2.24) is 10.3 Å². The monoisotopic (exact) mass is 275 g/mol. The normalized spacial score (nSPS) is 10.5. The smallest absolute Gasteiger partial charge is 0.231 e. The number of aromatic nitrogens is 2. The summed E-state index contributed by atoms with van der Waals surface area (Å²) in [6.07, 6.45) is 1.52. The van der Waals surface area contributed by atoms with Gasteiger partial charge in [-0.05, 0) is 11.4 Å². The summed E-state index contributed by atoms with van der Waals surface area (Å²) in [7, 11) is 0. The average Bonchev–Trinajstić information content (AvgIpc) is 3.09. The summed E-state index contributed by atoms with van der Waals surface area (Å²) in [4.78, 5) is 12.7. The molecule has 1 N–H and O–H groups in total. The number of amides is 1. The highest BCUT2D eigenvalue weighted by atomic mass is 32.1. The van der Waals surface area contributed by atoms with E-state index in [0.717, 1.165) is 4.88 Å². The summed E-state index contributed by atoms with van der Waals surface area (Å²) >= 11 is 1.56. The van der Waals surface area contributed by atoms with Crippen LogP contribution in [0.25, 0.3) is 10.6 Å². The average molecular weight is 275 g/mol. The first-order valence-corrected chi connectivity index (χ1v) is 6.39. The first-order valence-electron chi connectivity index (χ1n) is 5.51. The Kier molecular flexibility index (Phi) is 3.11. The molecule has 0 atom stereocenters. The maximum Gasteiger partial charge on any atom is 0.231 e. The fourth-order valence-corrected chi connectivity index (χ4v) is 2.23. The minimum Gasteiger partial charge on any atom is -0.363 e. The summed E-state index contributed by atoms with van der Waals surface area (Å²) in [5, 5.41) is 12.0. The van der Waals surface area contributed by atoms with Gasteiger partial charge >= 0.3 is 0 Å². The van der Waals surface area contributed by atoms with Gasteiger partial charge in [0.2, 0.25) is 5.91 Å². The van der Waals surface area contributed by atoms with Gasteiger partial charge in [0.25, 0.3) is 0 Å². The fourth-order valence-electron chi connectivity index (χ4n) is 1.56.